The molecule has 0 aliphatic heterocycles. The molecule has 0 aliphatic carbocycles. The smallest absolute Gasteiger partial charge is 0.387 e. The monoisotopic (exact) mass is 349 g/mol. The summed E-state index contributed by atoms with van der Waals surface area (Å²) < 4.78 is 28.9. The molecule has 122 valence electrons. The Labute approximate surface area is 140 Å². The zero-order chi connectivity index (χ0) is 16.9. The van der Waals surface area contributed by atoms with Gasteiger partial charge in [0.15, 0.2) is 5.82 Å². The number of aromatic nitrogens is 4. The molecule has 0 unspecified atom stereocenters. The summed E-state index contributed by atoms with van der Waals surface area (Å²) >= 11 is 5.85. The molecule has 0 aliphatic rings. The maximum Gasteiger partial charge on any atom is 0.387 e. The summed E-state index contributed by atoms with van der Waals surface area (Å²) in [6.07, 6.45) is 2.87. The van der Waals surface area contributed by atoms with Gasteiger partial charge in [-0.25, -0.2) is 15.0 Å². The minimum atomic E-state index is -2.89. The molecule has 0 amide bonds. The third-order valence-electron chi connectivity index (χ3n) is 2.87. The molecule has 9 heteroatoms. The molecule has 1 N–H and O–H groups in total. The van der Waals surface area contributed by atoms with Crippen LogP contribution in [0, 0.1) is 0 Å². The summed E-state index contributed by atoms with van der Waals surface area (Å²) in [6, 6.07) is 9.42. The topological polar surface area (TPSA) is 72.8 Å². The first-order valence-electron chi connectivity index (χ1n) is 6.73. The second kappa shape index (κ2) is 7.14. The summed E-state index contributed by atoms with van der Waals surface area (Å²) in [5, 5.41) is 3.23. The first-order chi connectivity index (χ1) is 11.6. The highest BCUT2D eigenvalue weighted by molar-refractivity contribution is 6.29. The summed E-state index contributed by atoms with van der Waals surface area (Å²) in [4.78, 5) is 16.2. The Bertz CT molecular complexity index is 849. The molecule has 0 fully saturated rings. The first-order valence-corrected chi connectivity index (χ1v) is 7.11. The molecule has 6 nitrogen and oxygen atoms in total. The third-order valence-corrected chi connectivity index (χ3v) is 3.08. The van der Waals surface area contributed by atoms with Crippen LogP contribution in [0.15, 0.2) is 48.9 Å². The second-order valence-electron chi connectivity index (χ2n) is 4.53. The quantitative estimate of drug-likeness (QED) is 0.703. The van der Waals surface area contributed by atoms with E-state index in [1.165, 1.54) is 18.5 Å². The lowest BCUT2D eigenvalue weighted by molar-refractivity contribution is -0.0497. The lowest BCUT2D eigenvalue weighted by Crippen LogP contribution is -2.03. The predicted molar refractivity (Wildman–Crippen MR) is 84.4 cm³/mol. The van der Waals surface area contributed by atoms with E-state index in [0.29, 0.717) is 22.2 Å². The van der Waals surface area contributed by atoms with Crippen molar-refractivity contribution in [2.24, 2.45) is 0 Å². The van der Waals surface area contributed by atoms with Crippen LogP contribution < -0.4 is 10.1 Å². The van der Waals surface area contributed by atoms with Crippen molar-refractivity contribution in [2.45, 2.75) is 6.61 Å². The molecular weight excluding hydrogens is 340 g/mol. The number of anilines is 2. The van der Waals surface area contributed by atoms with Crippen LogP contribution in [0.25, 0.3) is 11.4 Å². The van der Waals surface area contributed by atoms with E-state index in [1.54, 1.807) is 30.5 Å². The van der Waals surface area contributed by atoms with E-state index >= 15 is 0 Å². The van der Waals surface area contributed by atoms with E-state index in [2.05, 4.69) is 30.0 Å². The van der Waals surface area contributed by atoms with Crippen LogP contribution in [0.5, 0.6) is 5.75 Å². The van der Waals surface area contributed by atoms with Crippen LogP contribution in [-0.4, -0.2) is 26.5 Å². The van der Waals surface area contributed by atoms with E-state index in [4.69, 9.17) is 11.6 Å². The van der Waals surface area contributed by atoms with Gasteiger partial charge in [-0.05, 0) is 24.3 Å². The largest absolute Gasteiger partial charge is 0.435 e. The van der Waals surface area contributed by atoms with Gasteiger partial charge >= 0.3 is 6.61 Å². The maximum atomic E-state index is 12.3. The van der Waals surface area contributed by atoms with Gasteiger partial charge in [-0.15, -0.1) is 0 Å². The molecule has 0 atom stereocenters. The molecule has 0 spiro atoms. The van der Waals surface area contributed by atoms with Gasteiger partial charge < -0.3 is 10.1 Å². The van der Waals surface area contributed by atoms with E-state index in [-0.39, 0.29) is 11.7 Å². The van der Waals surface area contributed by atoms with Gasteiger partial charge in [0.05, 0.1) is 0 Å². The number of halogens is 3. The van der Waals surface area contributed by atoms with Crippen molar-refractivity contribution in [3.8, 4) is 17.1 Å². The van der Waals surface area contributed by atoms with Crippen molar-refractivity contribution >= 4 is 23.2 Å². The molecule has 1 aromatic carbocycles. The SMILES string of the molecule is FC(F)Oc1cccc(Nc2ncnc(-c3ccnc(Cl)c3)n2)c1. The predicted octanol–water partition coefficient (Wildman–Crippen LogP) is 3.93. The van der Waals surface area contributed by atoms with Crippen molar-refractivity contribution in [2.75, 3.05) is 5.32 Å². The van der Waals surface area contributed by atoms with Crippen LogP contribution in [0.3, 0.4) is 0 Å². The highest BCUT2D eigenvalue weighted by Crippen LogP contribution is 2.22. The summed E-state index contributed by atoms with van der Waals surface area (Å²) in [6.45, 7) is -2.89. The Morgan fingerprint density at radius 2 is 1.96 bits per heavy atom. The fraction of sp³-hybridized carbons (Fsp3) is 0.0667. The highest BCUT2D eigenvalue weighted by Gasteiger charge is 2.07. The third kappa shape index (κ3) is 4.11. The number of benzene rings is 1. The van der Waals surface area contributed by atoms with E-state index in [0.717, 1.165) is 0 Å². The number of rotatable bonds is 5. The van der Waals surface area contributed by atoms with Gasteiger partial charge in [-0.1, -0.05) is 17.7 Å². The van der Waals surface area contributed by atoms with Gasteiger partial charge in [0.25, 0.3) is 0 Å². The minimum absolute atomic E-state index is 0.0326. The number of hydrogen-bond donors (Lipinski definition) is 1. The zero-order valence-corrected chi connectivity index (χ0v) is 12.8. The van der Waals surface area contributed by atoms with Gasteiger partial charge in [0.1, 0.15) is 17.2 Å². The van der Waals surface area contributed by atoms with Crippen LogP contribution in [0.2, 0.25) is 5.15 Å². The van der Waals surface area contributed by atoms with Crippen LogP contribution in [-0.2, 0) is 0 Å². The lowest BCUT2D eigenvalue weighted by atomic mass is 10.2. The van der Waals surface area contributed by atoms with Crippen molar-refractivity contribution < 1.29 is 13.5 Å². The molecule has 0 bridgehead atoms. The van der Waals surface area contributed by atoms with Crippen molar-refractivity contribution in [1.29, 1.82) is 0 Å². The molecule has 3 rings (SSSR count). The lowest BCUT2D eigenvalue weighted by Gasteiger charge is -2.08. The molecule has 0 radical (unpaired) electrons. The first kappa shape index (κ1) is 16.0. The van der Waals surface area contributed by atoms with Crippen molar-refractivity contribution in [3.05, 3.63) is 54.1 Å². The molecular formula is C15H10ClF2N5O. The zero-order valence-electron chi connectivity index (χ0n) is 12.0. The van der Waals surface area contributed by atoms with Crippen molar-refractivity contribution in [1.82, 2.24) is 19.9 Å². The second-order valence-corrected chi connectivity index (χ2v) is 4.92. The maximum absolute atomic E-state index is 12.3. The molecule has 0 saturated carbocycles. The van der Waals surface area contributed by atoms with Crippen LogP contribution >= 0.6 is 11.6 Å². The fourth-order valence-corrected chi connectivity index (χ4v) is 2.09. The fourth-order valence-electron chi connectivity index (χ4n) is 1.92. The van der Waals surface area contributed by atoms with Gasteiger partial charge in [0, 0.05) is 23.5 Å². The Balaban J connectivity index is 1.82. The average Bonchev–Trinajstić information content (AvgIpc) is 2.55. The normalized spacial score (nSPS) is 10.7. The number of nitrogens with one attached hydrogen (secondary N) is 1. The Morgan fingerprint density at radius 3 is 2.75 bits per heavy atom. The van der Waals surface area contributed by atoms with E-state index in [1.807, 2.05) is 0 Å². The Hall–Kier alpha value is -2.87. The summed E-state index contributed by atoms with van der Waals surface area (Å²) in [5.74, 6) is 0.684. The highest BCUT2D eigenvalue weighted by atomic mass is 35.5. The van der Waals surface area contributed by atoms with Gasteiger partial charge in [0.2, 0.25) is 5.95 Å². The van der Waals surface area contributed by atoms with Crippen molar-refractivity contribution in [3.63, 3.8) is 0 Å². The molecule has 3 aromatic rings. The average molecular weight is 350 g/mol. The Kier molecular flexibility index (Phi) is 4.76. The Morgan fingerprint density at radius 1 is 1.08 bits per heavy atom. The van der Waals surface area contributed by atoms with Crippen LogP contribution in [0.4, 0.5) is 20.4 Å². The summed E-state index contributed by atoms with van der Waals surface area (Å²) in [5.41, 5.74) is 1.17. The molecule has 24 heavy (non-hydrogen) atoms. The molecule has 0 saturated heterocycles. The van der Waals surface area contributed by atoms with Crippen LogP contribution in [0.1, 0.15) is 0 Å². The van der Waals surface area contributed by atoms with Gasteiger partial charge in [-0.3, -0.25) is 0 Å². The number of pyridine rings is 1. The standard InChI is InChI=1S/C15H10ClF2N5O/c16-12-6-9(4-5-19-12)13-20-8-21-15(23-13)22-10-2-1-3-11(7-10)24-14(17)18/h1-8,14H,(H,20,21,22,23). The molecule has 2 aromatic heterocycles. The number of hydrogen-bond acceptors (Lipinski definition) is 6. The minimum Gasteiger partial charge on any atom is -0.435 e. The van der Waals surface area contributed by atoms with E-state index in [9.17, 15) is 8.78 Å². The molecule has 2 heterocycles. The number of alkyl halides is 2. The number of nitrogens with zero attached hydrogens (tertiary/aromatic N) is 4. The summed E-state index contributed by atoms with van der Waals surface area (Å²) in [7, 11) is 0. The van der Waals surface area contributed by atoms with E-state index < -0.39 is 6.61 Å². The van der Waals surface area contributed by atoms with Gasteiger partial charge in [-0.2, -0.15) is 13.8 Å². The number of ether oxygens (including phenoxy) is 1.